The van der Waals surface area contributed by atoms with Crippen LogP contribution in [0.25, 0.3) is 0 Å². The van der Waals surface area contributed by atoms with E-state index in [1.54, 1.807) is 14.0 Å². The summed E-state index contributed by atoms with van der Waals surface area (Å²) in [6, 6.07) is 7.09. The molecule has 0 saturated carbocycles. The Hall–Kier alpha value is -2.08. The van der Waals surface area contributed by atoms with Gasteiger partial charge in [0.05, 0.1) is 12.8 Å². The molecule has 1 aromatic heterocycles. The van der Waals surface area contributed by atoms with Gasteiger partial charge < -0.3 is 15.4 Å². The summed E-state index contributed by atoms with van der Waals surface area (Å²) in [7, 11) is 1.61. The summed E-state index contributed by atoms with van der Waals surface area (Å²) < 4.78 is 5.15. The van der Waals surface area contributed by atoms with E-state index in [4.69, 9.17) is 4.74 Å². The summed E-state index contributed by atoms with van der Waals surface area (Å²) in [6.07, 6.45) is 0. The molecule has 2 aromatic rings. The SMILES string of the molecule is COc1cccc(N[C@@H](C)C(=O)Nc2nc(C)cs2)c1. The molecule has 20 heavy (non-hydrogen) atoms. The van der Waals surface area contributed by atoms with Gasteiger partial charge >= 0.3 is 0 Å². The fourth-order valence-corrected chi connectivity index (χ4v) is 2.34. The lowest BCUT2D eigenvalue weighted by atomic mass is 10.2. The number of aromatic nitrogens is 1. The Morgan fingerprint density at radius 2 is 2.25 bits per heavy atom. The summed E-state index contributed by atoms with van der Waals surface area (Å²) >= 11 is 1.42. The van der Waals surface area contributed by atoms with Crippen molar-refractivity contribution in [2.45, 2.75) is 19.9 Å². The van der Waals surface area contributed by atoms with Crippen LogP contribution in [-0.4, -0.2) is 24.0 Å². The molecule has 2 N–H and O–H groups in total. The number of carbonyl (C=O) groups is 1. The van der Waals surface area contributed by atoms with Gasteiger partial charge in [-0.05, 0) is 26.0 Å². The third-order valence-electron chi connectivity index (χ3n) is 2.70. The fraction of sp³-hybridized carbons (Fsp3) is 0.286. The first-order chi connectivity index (χ1) is 9.58. The number of nitrogens with one attached hydrogen (secondary N) is 2. The molecular formula is C14H17N3O2S. The van der Waals surface area contributed by atoms with E-state index in [0.717, 1.165) is 17.1 Å². The first-order valence-corrected chi connectivity index (χ1v) is 7.10. The minimum atomic E-state index is -0.369. The zero-order chi connectivity index (χ0) is 14.5. The second kappa shape index (κ2) is 6.38. The number of hydrogen-bond acceptors (Lipinski definition) is 5. The van der Waals surface area contributed by atoms with E-state index in [0.29, 0.717) is 5.13 Å². The van der Waals surface area contributed by atoms with Crippen molar-refractivity contribution >= 4 is 28.1 Å². The molecule has 1 heterocycles. The van der Waals surface area contributed by atoms with Gasteiger partial charge in [-0.1, -0.05) is 6.07 Å². The number of ether oxygens (including phenoxy) is 1. The molecule has 1 atom stereocenters. The minimum absolute atomic E-state index is 0.123. The minimum Gasteiger partial charge on any atom is -0.497 e. The number of hydrogen-bond donors (Lipinski definition) is 2. The van der Waals surface area contributed by atoms with E-state index in [1.807, 2.05) is 36.6 Å². The Morgan fingerprint density at radius 3 is 2.90 bits per heavy atom. The van der Waals surface area contributed by atoms with Crippen LogP contribution in [0.15, 0.2) is 29.6 Å². The molecule has 106 valence electrons. The molecule has 0 aliphatic heterocycles. The monoisotopic (exact) mass is 291 g/mol. The summed E-state index contributed by atoms with van der Waals surface area (Å²) in [5, 5.41) is 8.43. The average Bonchev–Trinajstić information content (AvgIpc) is 2.84. The maximum atomic E-state index is 12.0. The third kappa shape index (κ3) is 3.71. The van der Waals surface area contributed by atoms with Gasteiger partial charge in [-0.25, -0.2) is 4.98 Å². The Morgan fingerprint density at radius 1 is 1.45 bits per heavy atom. The quantitative estimate of drug-likeness (QED) is 0.889. The van der Waals surface area contributed by atoms with Crippen molar-refractivity contribution in [3.63, 3.8) is 0 Å². The van der Waals surface area contributed by atoms with Crippen molar-refractivity contribution in [3.8, 4) is 5.75 Å². The predicted octanol–water partition coefficient (Wildman–Crippen LogP) is 2.90. The van der Waals surface area contributed by atoms with Gasteiger partial charge in [-0.3, -0.25) is 4.79 Å². The van der Waals surface area contributed by atoms with Crippen LogP contribution < -0.4 is 15.4 Å². The molecule has 2 rings (SSSR count). The smallest absolute Gasteiger partial charge is 0.248 e. The predicted molar refractivity (Wildman–Crippen MR) is 81.6 cm³/mol. The standard InChI is InChI=1S/C14H17N3O2S/c1-9-8-20-14(15-9)17-13(18)10(2)16-11-5-4-6-12(7-11)19-3/h4-8,10,16H,1-3H3,(H,15,17,18)/t10-/m0/s1. The second-order valence-corrected chi connectivity index (χ2v) is 5.24. The number of carbonyl (C=O) groups excluding carboxylic acids is 1. The molecule has 0 aliphatic carbocycles. The van der Waals surface area contributed by atoms with E-state index in [2.05, 4.69) is 15.6 Å². The molecule has 0 saturated heterocycles. The maximum absolute atomic E-state index is 12.0. The first kappa shape index (κ1) is 14.3. The van der Waals surface area contributed by atoms with Crippen molar-refractivity contribution in [3.05, 3.63) is 35.3 Å². The van der Waals surface area contributed by atoms with Crippen LogP contribution in [0.5, 0.6) is 5.75 Å². The van der Waals surface area contributed by atoms with Crippen LogP contribution in [0.3, 0.4) is 0 Å². The molecule has 0 unspecified atom stereocenters. The van der Waals surface area contributed by atoms with Crippen molar-refractivity contribution in [1.29, 1.82) is 0 Å². The number of methoxy groups -OCH3 is 1. The number of rotatable bonds is 5. The van der Waals surface area contributed by atoms with Crippen LogP contribution in [0.4, 0.5) is 10.8 Å². The van der Waals surface area contributed by atoms with E-state index in [1.165, 1.54) is 11.3 Å². The zero-order valence-electron chi connectivity index (χ0n) is 11.6. The van der Waals surface area contributed by atoms with Gasteiger partial charge in [0.15, 0.2) is 5.13 Å². The normalized spacial score (nSPS) is 11.8. The molecule has 6 heteroatoms. The number of benzene rings is 1. The molecule has 1 amide bonds. The second-order valence-electron chi connectivity index (χ2n) is 4.38. The van der Waals surface area contributed by atoms with Crippen molar-refractivity contribution < 1.29 is 9.53 Å². The van der Waals surface area contributed by atoms with Crippen molar-refractivity contribution in [1.82, 2.24) is 4.98 Å². The number of amides is 1. The molecule has 0 bridgehead atoms. The number of nitrogens with zero attached hydrogens (tertiary/aromatic N) is 1. The maximum Gasteiger partial charge on any atom is 0.248 e. The largest absolute Gasteiger partial charge is 0.497 e. The summed E-state index contributed by atoms with van der Waals surface area (Å²) in [5.41, 5.74) is 1.74. The summed E-state index contributed by atoms with van der Waals surface area (Å²) in [6.45, 7) is 3.69. The number of thiazole rings is 1. The Kier molecular flexibility index (Phi) is 4.57. The molecule has 0 aliphatic rings. The van der Waals surface area contributed by atoms with Crippen LogP contribution in [0.2, 0.25) is 0 Å². The number of anilines is 2. The van der Waals surface area contributed by atoms with Gasteiger partial charge in [-0.2, -0.15) is 0 Å². The highest BCUT2D eigenvalue weighted by Gasteiger charge is 2.14. The first-order valence-electron chi connectivity index (χ1n) is 6.22. The number of aryl methyl sites for hydroxylation is 1. The van der Waals surface area contributed by atoms with Gasteiger partial charge in [0, 0.05) is 17.1 Å². The van der Waals surface area contributed by atoms with Gasteiger partial charge in [-0.15, -0.1) is 11.3 Å². The zero-order valence-corrected chi connectivity index (χ0v) is 12.5. The summed E-state index contributed by atoms with van der Waals surface area (Å²) in [5.74, 6) is 0.625. The highest BCUT2D eigenvalue weighted by atomic mass is 32.1. The molecule has 5 nitrogen and oxygen atoms in total. The molecule has 1 aromatic carbocycles. The average molecular weight is 291 g/mol. The topological polar surface area (TPSA) is 63.2 Å². The Labute approximate surface area is 122 Å². The molecule has 0 fully saturated rings. The van der Waals surface area contributed by atoms with Gasteiger partial charge in [0.2, 0.25) is 5.91 Å². The molecule has 0 spiro atoms. The lowest BCUT2D eigenvalue weighted by molar-refractivity contribution is -0.116. The van der Waals surface area contributed by atoms with E-state index in [-0.39, 0.29) is 11.9 Å². The van der Waals surface area contributed by atoms with Crippen LogP contribution in [0.1, 0.15) is 12.6 Å². The lowest BCUT2D eigenvalue weighted by Gasteiger charge is -2.14. The fourth-order valence-electron chi connectivity index (χ4n) is 1.65. The highest BCUT2D eigenvalue weighted by molar-refractivity contribution is 7.13. The van der Waals surface area contributed by atoms with Crippen LogP contribution in [0, 0.1) is 6.92 Å². The van der Waals surface area contributed by atoms with Gasteiger partial charge in [0.1, 0.15) is 11.8 Å². The summed E-state index contributed by atoms with van der Waals surface area (Å²) in [4.78, 5) is 16.2. The molecule has 0 radical (unpaired) electrons. The van der Waals surface area contributed by atoms with Crippen molar-refractivity contribution in [2.24, 2.45) is 0 Å². The van der Waals surface area contributed by atoms with E-state index >= 15 is 0 Å². The van der Waals surface area contributed by atoms with E-state index < -0.39 is 0 Å². The van der Waals surface area contributed by atoms with Gasteiger partial charge in [0.25, 0.3) is 0 Å². The van der Waals surface area contributed by atoms with Crippen molar-refractivity contribution in [2.75, 3.05) is 17.7 Å². The molecular weight excluding hydrogens is 274 g/mol. The highest BCUT2D eigenvalue weighted by Crippen LogP contribution is 2.18. The Bertz CT molecular complexity index is 598. The van der Waals surface area contributed by atoms with Crippen LogP contribution in [-0.2, 0) is 4.79 Å². The Balaban J connectivity index is 1.96. The lowest BCUT2D eigenvalue weighted by Crippen LogP contribution is -2.31. The van der Waals surface area contributed by atoms with Crippen LogP contribution >= 0.6 is 11.3 Å². The van der Waals surface area contributed by atoms with E-state index in [9.17, 15) is 4.79 Å². The third-order valence-corrected chi connectivity index (χ3v) is 3.57.